The standard InChI is InChI=1S/C19H28N4O4S/c1-15-5-7-16(8-6-15)28(26,27)22-12-10-21(11-13-22)14-18(24)23-9-3-2-4-17(23)19(20)25/h5-8,17H,2-4,9-14H2,1H3,(H2,20,25)/p+1/t17-/m0/s1. The first kappa shape index (κ1) is 20.8. The van der Waals surface area contributed by atoms with Crippen LogP contribution in [0.1, 0.15) is 24.8 Å². The van der Waals surface area contributed by atoms with Crippen molar-refractivity contribution in [3.63, 3.8) is 0 Å². The summed E-state index contributed by atoms with van der Waals surface area (Å²) in [6.07, 6.45) is 2.41. The van der Waals surface area contributed by atoms with Gasteiger partial charge in [0.15, 0.2) is 6.54 Å². The van der Waals surface area contributed by atoms with Gasteiger partial charge >= 0.3 is 0 Å². The van der Waals surface area contributed by atoms with Gasteiger partial charge in [-0.25, -0.2) is 8.42 Å². The Kier molecular flexibility index (Phi) is 6.36. The van der Waals surface area contributed by atoms with Gasteiger partial charge in [-0.2, -0.15) is 4.31 Å². The van der Waals surface area contributed by atoms with Crippen LogP contribution < -0.4 is 10.6 Å². The molecule has 0 saturated carbocycles. The molecule has 0 aromatic heterocycles. The van der Waals surface area contributed by atoms with Gasteiger partial charge in [0.25, 0.3) is 5.91 Å². The van der Waals surface area contributed by atoms with Gasteiger partial charge in [0.2, 0.25) is 15.9 Å². The number of hydrogen-bond acceptors (Lipinski definition) is 4. The smallest absolute Gasteiger partial charge is 0.278 e. The van der Waals surface area contributed by atoms with Crippen LogP contribution in [-0.4, -0.2) is 74.7 Å². The zero-order valence-corrected chi connectivity index (χ0v) is 17.1. The summed E-state index contributed by atoms with van der Waals surface area (Å²) in [7, 11) is -3.51. The molecule has 2 fully saturated rings. The van der Waals surface area contributed by atoms with Gasteiger partial charge in [-0.1, -0.05) is 17.7 Å². The molecule has 0 aliphatic carbocycles. The fourth-order valence-electron chi connectivity index (χ4n) is 3.92. The van der Waals surface area contributed by atoms with Crippen LogP contribution in [0, 0.1) is 6.92 Å². The van der Waals surface area contributed by atoms with E-state index >= 15 is 0 Å². The molecule has 154 valence electrons. The SMILES string of the molecule is Cc1ccc(S(=O)(=O)N2CC[NH+](CC(=O)N3CCCC[C@H]3C(N)=O)CC2)cc1. The van der Waals surface area contributed by atoms with Crippen molar-refractivity contribution in [2.75, 3.05) is 39.3 Å². The molecule has 2 heterocycles. The summed E-state index contributed by atoms with van der Waals surface area (Å²) in [5.41, 5.74) is 6.46. The topological polar surface area (TPSA) is 105 Å². The predicted octanol–water partition coefficient (Wildman–Crippen LogP) is -1.25. The van der Waals surface area contributed by atoms with Gasteiger partial charge in [-0.05, 0) is 38.3 Å². The number of nitrogens with zero attached hydrogens (tertiary/aromatic N) is 2. The van der Waals surface area contributed by atoms with E-state index in [4.69, 9.17) is 5.73 Å². The molecule has 3 rings (SSSR count). The second-order valence-electron chi connectivity index (χ2n) is 7.64. The maximum Gasteiger partial charge on any atom is 0.278 e. The highest BCUT2D eigenvalue weighted by Gasteiger charge is 2.35. The number of rotatable bonds is 5. The number of aryl methyl sites for hydroxylation is 1. The van der Waals surface area contributed by atoms with Gasteiger partial charge in [-0.15, -0.1) is 0 Å². The first-order valence-electron chi connectivity index (χ1n) is 9.78. The molecule has 8 nitrogen and oxygen atoms in total. The van der Waals surface area contributed by atoms with E-state index in [-0.39, 0.29) is 12.5 Å². The first-order chi connectivity index (χ1) is 13.3. The Morgan fingerprint density at radius 1 is 1.11 bits per heavy atom. The highest BCUT2D eigenvalue weighted by Crippen LogP contribution is 2.17. The maximum atomic E-state index is 12.8. The number of benzene rings is 1. The zero-order chi connectivity index (χ0) is 20.3. The summed E-state index contributed by atoms with van der Waals surface area (Å²) >= 11 is 0. The summed E-state index contributed by atoms with van der Waals surface area (Å²) in [4.78, 5) is 27.2. The Balaban J connectivity index is 1.57. The number of carbonyl (C=O) groups is 2. The molecule has 1 aromatic rings. The highest BCUT2D eigenvalue weighted by molar-refractivity contribution is 7.89. The minimum Gasteiger partial charge on any atom is -0.368 e. The number of nitrogens with two attached hydrogens (primary N) is 1. The molecular weight excluding hydrogens is 380 g/mol. The van der Waals surface area contributed by atoms with E-state index in [1.54, 1.807) is 29.2 Å². The summed E-state index contributed by atoms with van der Waals surface area (Å²) < 4.78 is 27.1. The third kappa shape index (κ3) is 4.53. The van der Waals surface area contributed by atoms with Crippen LogP contribution in [0.3, 0.4) is 0 Å². The molecule has 0 unspecified atom stereocenters. The Morgan fingerprint density at radius 3 is 2.36 bits per heavy atom. The minimum atomic E-state index is -3.51. The van der Waals surface area contributed by atoms with Crippen LogP contribution in [0.25, 0.3) is 0 Å². The lowest BCUT2D eigenvalue weighted by Crippen LogP contribution is -3.15. The zero-order valence-electron chi connectivity index (χ0n) is 16.3. The van der Waals surface area contributed by atoms with Crippen LogP contribution in [0.5, 0.6) is 0 Å². The Bertz CT molecular complexity index is 817. The fourth-order valence-corrected chi connectivity index (χ4v) is 5.36. The van der Waals surface area contributed by atoms with E-state index in [1.807, 2.05) is 6.92 Å². The molecular formula is C19H29N4O4S+. The van der Waals surface area contributed by atoms with Crippen LogP contribution in [-0.2, 0) is 19.6 Å². The predicted molar refractivity (Wildman–Crippen MR) is 104 cm³/mol. The quantitative estimate of drug-likeness (QED) is 0.634. The summed E-state index contributed by atoms with van der Waals surface area (Å²) in [6.45, 7) is 4.62. The summed E-state index contributed by atoms with van der Waals surface area (Å²) in [6, 6.07) is 6.34. The second-order valence-corrected chi connectivity index (χ2v) is 9.58. The minimum absolute atomic E-state index is 0.0756. The van der Waals surface area contributed by atoms with Gasteiger partial charge in [0.05, 0.1) is 31.1 Å². The number of carbonyl (C=O) groups excluding carboxylic acids is 2. The number of nitrogens with one attached hydrogen (secondary N) is 1. The Labute approximate surface area is 166 Å². The third-order valence-corrected chi connectivity index (χ3v) is 7.55. The summed E-state index contributed by atoms with van der Waals surface area (Å²) in [5, 5.41) is 0. The van der Waals surface area contributed by atoms with E-state index in [1.165, 1.54) is 4.31 Å². The first-order valence-corrected chi connectivity index (χ1v) is 11.2. The van der Waals surface area contributed by atoms with Crippen molar-refractivity contribution in [3.8, 4) is 0 Å². The number of piperidine rings is 1. The van der Waals surface area contributed by atoms with E-state index in [0.717, 1.165) is 23.3 Å². The van der Waals surface area contributed by atoms with E-state index in [2.05, 4.69) is 0 Å². The van der Waals surface area contributed by atoms with Crippen molar-refractivity contribution in [1.82, 2.24) is 9.21 Å². The summed E-state index contributed by atoms with van der Waals surface area (Å²) in [5.74, 6) is -0.523. The number of likely N-dealkylation sites (tertiary alicyclic amines) is 1. The van der Waals surface area contributed by atoms with Crippen molar-refractivity contribution in [3.05, 3.63) is 29.8 Å². The molecule has 0 radical (unpaired) electrons. The largest absolute Gasteiger partial charge is 0.368 e. The molecule has 2 aliphatic rings. The van der Waals surface area contributed by atoms with E-state index < -0.39 is 22.0 Å². The average molecular weight is 410 g/mol. The van der Waals surface area contributed by atoms with Crippen molar-refractivity contribution in [2.45, 2.75) is 37.1 Å². The number of primary amides is 1. The van der Waals surface area contributed by atoms with Gasteiger partial charge in [-0.3, -0.25) is 9.59 Å². The fraction of sp³-hybridized carbons (Fsp3) is 0.579. The molecule has 1 atom stereocenters. The molecule has 1 aromatic carbocycles. The normalized spacial score (nSPS) is 22.2. The molecule has 28 heavy (non-hydrogen) atoms. The van der Waals surface area contributed by atoms with E-state index in [9.17, 15) is 18.0 Å². The number of quaternary nitrogens is 1. The number of amides is 2. The van der Waals surface area contributed by atoms with Gasteiger partial charge < -0.3 is 15.5 Å². The van der Waals surface area contributed by atoms with E-state index in [0.29, 0.717) is 44.0 Å². The van der Waals surface area contributed by atoms with Gasteiger partial charge in [0, 0.05) is 6.54 Å². The Hall–Kier alpha value is -1.97. The number of sulfonamides is 1. The number of piperazine rings is 1. The molecule has 0 bridgehead atoms. The van der Waals surface area contributed by atoms with Crippen LogP contribution in [0.15, 0.2) is 29.2 Å². The second kappa shape index (κ2) is 8.59. The van der Waals surface area contributed by atoms with Crippen LogP contribution in [0.2, 0.25) is 0 Å². The molecule has 2 saturated heterocycles. The number of hydrogen-bond donors (Lipinski definition) is 2. The maximum absolute atomic E-state index is 12.8. The highest BCUT2D eigenvalue weighted by atomic mass is 32.2. The Morgan fingerprint density at radius 2 is 1.75 bits per heavy atom. The molecule has 3 N–H and O–H groups in total. The van der Waals surface area contributed by atoms with Crippen molar-refractivity contribution in [1.29, 1.82) is 0 Å². The molecule has 0 spiro atoms. The van der Waals surface area contributed by atoms with Crippen LogP contribution in [0.4, 0.5) is 0 Å². The van der Waals surface area contributed by atoms with Crippen molar-refractivity contribution in [2.24, 2.45) is 5.73 Å². The lowest BCUT2D eigenvalue weighted by molar-refractivity contribution is -0.896. The van der Waals surface area contributed by atoms with Crippen molar-refractivity contribution >= 4 is 21.8 Å². The molecule has 9 heteroatoms. The third-order valence-electron chi connectivity index (χ3n) is 5.64. The van der Waals surface area contributed by atoms with Gasteiger partial charge in [0.1, 0.15) is 6.04 Å². The average Bonchev–Trinajstić information content (AvgIpc) is 2.68. The molecule has 2 aliphatic heterocycles. The van der Waals surface area contributed by atoms with Crippen molar-refractivity contribution < 1.29 is 22.9 Å². The lowest BCUT2D eigenvalue weighted by Gasteiger charge is -2.36. The lowest BCUT2D eigenvalue weighted by atomic mass is 10.0. The van der Waals surface area contributed by atoms with Crippen LogP contribution >= 0.6 is 0 Å². The molecule has 2 amide bonds. The monoisotopic (exact) mass is 409 g/mol.